The Morgan fingerprint density at radius 1 is 1.33 bits per heavy atom. The Bertz CT molecular complexity index is 447. The van der Waals surface area contributed by atoms with Gasteiger partial charge in [0.1, 0.15) is 12.5 Å². The van der Waals surface area contributed by atoms with Gasteiger partial charge in [0.2, 0.25) is 0 Å². The maximum atomic E-state index is 12.8. The second-order valence-corrected chi connectivity index (χ2v) is 6.48. The van der Waals surface area contributed by atoms with Crippen molar-refractivity contribution in [3.8, 4) is 0 Å². The summed E-state index contributed by atoms with van der Waals surface area (Å²) in [6.07, 6.45) is 1.43. The van der Waals surface area contributed by atoms with E-state index in [-0.39, 0.29) is 5.92 Å². The Balaban J connectivity index is 1.90. The lowest BCUT2D eigenvalue weighted by atomic mass is 9.98. The molecule has 0 radical (unpaired) electrons. The van der Waals surface area contributed by atoms with Crippen molar-refractivity contribution in [2.45, 2.75) is 43.5 Å². The van der Waals surface area contributed by atoms with E-state index in [0.29, 0.717) is 12.3 Å². The first-order valence-electron chi connectivity index (χ1n) is 5.72. The van der Waals surface area contributed by atoms with Gasteiger partial charge in [-0.25, -0.2) is 8.42 Å². The summed E-state index contributed by atoms with van der Waals surface area (Å²) in [6.45, 7) is 0. The zero-order valence-electron chi connectivity index (χ0n) is 9.47. The van der Waals surface area contributed by atoms with Gasteiger partial charge in [-0.1, -0.05) is 0 Å². The highest BCUT2D eigenvalue weighted by molar-refractivity contribution is 7.86. The fourth-order valence-electron chi connectivity index (χ4n) is 2.80. The first kappa shape index (κ1) is 13.7. The summed E-state index contributed by atoms with van der Waals surface area (Å²) in [4.78, 5) is 11.2. The molecule has 0 heterocycles. The molecule has 0 amide bonds. The van der Waals surface area contributed by atoms with Gasteiger partial charge in [0.25, 0.3) is 0 Å². The SMILES string of the molecule is O=C(CC(F)(F)S(=O)(=O)[O-])OC1CC2CCC1C2. The van der Waals surface area contributed by atoms with E-state index in [1.54, 1.807) is 0 Å². The highest BCUT2D eigenvalue weighted by Gasteiger charge is 2.45. The fraction of sp³-hybridized carbons (Fsp3) is 0.900. The molecule has 2 saturated carbocycles. The van der Waals surface area contributed by atoms with Crippen molar-refractivity contribution < 1.29 is 31.3 Å². The lowest BCUT2D eigenvalue weighted by Gasteiger charge is -2.24. The minimum Gasteiger partial charge on any atom is -0.743 e. The lowest BCUT2D eigenvalue weighted by Crippen LogP contribution is -2.34. The van der Waals surface area contributed by atoms with Crippen LogP contribution >= 0.6 is 0 Å². The molecule has 2 aliphatic carbocycles. The second-order valence-electron chi connectivity index (χ2n) is 4.97. The molecule has 0 N–H and O–H groups in total. The molecule has 5 nitrogen and oxygen atoms in total. The van der Waals surface area contributed by atoms with Crippen LogP contribution in [-0.2, 0) is 19.6 Å². The summed E-state index contributed by atoms with van der Waals surface area (Å²) < 4.78 is 61.3. The van der Waals surface area contributed by atoms with E-state index < -0.39 is 33.9 Å². The molecule has 3 unspecified atom stereocenters. The average Bonchev–Trinajstić information content (AvgIpc) is 2.75. The number of carbonyl (C=O) groups excluding carboxylic acids is 1. The zero-order chi connectivity index (χ0) is 13.6. The number of halogens is 2. The minimum atomic E-state index is -5.83. The predicted octanol–water partition coefficient (Wildman–Crippen LogP) is 1.25. The van der Waals surface area contributed by atoms with Crippen molar-refractivity contribution in [3.05, 3.63) is 0 Å². The molecule has 0 saturated heterocycles. The van der Waals surface area contributed by atoms with Gasteiger partial charge in [0.15, 0.2) is 10.1 Å². The topological polar surface area (TPSA) is 83.5 Å². The highest BCUT2D eigenvalue weighted by atomic mass is 32.2. The van der Waals surface area contributed by atoms with Crippen LogP contribution in [0.1, 0.15) is 32.1 Å². The zero-order valence-corrected chi connectivity index (χ0v) is 10.3. The molecule has 0 aromatic heterocycles. The molecule has 0 aliphatic heterocycles. The van der Waals surface area contributed by atoms with Crippen LogP contribution in [-0.4, -0.2) is 30.3 Å². The van der Waals surface area contributed by atoms with Gasteiger partial charge in [0.05, 0.1) is 0 Å². The molecule has 2 rings (SSSR count). The number of rotatable bonds is 4. The summed E-state index contributed by atoms with van der Waals surface area (Å²) >= 11 is 0. The summed E-state index contributed by atoms with van der Waals surface area (Å²) in [5, 5.41) is -4.60. The lowest BCUT2D eigenvalue weighted by molar-refractivity contribution is -0.155. The van der Waals surface area contributed by atoms with E-state index in [4.69, 9.17) is 4.74 Å². The molecule has 0 aromatic carbocycles. The molecule has 8 heteroatoms. The molecule has 104 valence electrons. The third-order valence-corrected chi connectivity index (χ3v) is 4.55. The maximum absolute atomic E-state index is 12.8. The van der Waals surface area contributed by atoms with Gasteiger partial charge in [-0.05, 0) is 37.5 Å². The predicted molar refractivity (Wildman–Crippen MR) is 54.6 cm³/mol. The minimum absolute atomic E-state index is 0.191. The molecule has 3 atom stereocenters. The van der Waals surface area contributed by atoms with Crippen LogP contribution < -0.4 is 0 Å². The maximum Gasteiger partial charge on any atom is 0.344 e. The molecular weight excluding hydrogens is 270 g/mol. The normalized spacial score (nSPS) is 31.6. The van der Waals surface area contributed by atoms with Crippen molar-refractivity contribution in [1.29, 1.82) is 0 Å². The summed E-state index contributed by atoms with van der Waals surface area (Å²) in [5.74, 6) is -0.662. The molecule has 18 heavy (non-hydrogen) atoms. The molecule has 2 aliphatic rings. The fourth-order valence-corrected chi connectivity index (χ4v) is 3.09. The van der Waals surface area contributed by atoms with E-state index in [1.165, 1.54) is 0 Å². The van der Waals surface area contributed by atoms with Gasteiger partial charge in [-0.2, -0.15) is 8.78 Å². The van der Waals surface area contributed by atoms with E-state index in [2.05, 4.69) is 0 Å². The van der Waals surface area contributed by atoms with Crippen LogP contribution in [0.25, 0.3) is 0 Å². The van der Waals surface area contributed by atoms with Crippen molar-refractivity contribution >= 4 is 16.1 Å². The van der Waals surface area contributed by atoms with Crippen molar-refractivity contribution in [2.24, 2.45) is 11.8 Å². The largest absolute Gasteiger partial charge is 0.743 e. The van der Waals surface area contributed by atoms with Crippen LogP contribution in [0.15, 0.2) is 0 Å². The molecule has 0 aromatic rings. The third-order valence-electron chi connectivity index (χ3n) is 3.67. The quantitative estimate of drug-likeness (QED) is 0.572. The van der Waals surface area contributed by atoms with Crippen LogP contribution in [0.3, 0.4) is 0 Å². The first-order valence-corrected chi connectivity index (χ1v) is 7.12. The van der Waals surface area contributed by atoms with Gasteiger partial charge < -0.3 is 9.29 Å². The van der Waals surface area contributed by atoms with E-state index in [0.717, 1.165) is 19.3 Å². The van der Waals surface area contributed by atoms with E-state index in [9.17, 15) is 26.5 Å². The first-order chi connectivity index (χ1) is 8.19. The number of hydrogen-bond donors (Lipinski definition) is 0. The van der Waals surface area contributed by atoms with Crippen molar-refractivity contribution in [3.63, 3.8) is 0 Å². The van der Waals surface area contributed by atoms with Crippen LogP contribution in [0.5, 0.6) is 0 Å². The highest BCUT2D eigenvalue weighted by Crippen LogP contribution is 2.46. The Hall–Kier alpha value is -0.760. The van der Waals surface area contributed by atoms with Crippen LogP contribution in [0.4, 0.5) is 8.78 Å². The molecular formula is C10H13F2O5S-. The standard InChI is InChI=1S/C10H14F2O5S/c11-10(12,18(14,15)16)5-9(13)17-8-4-6-1-2-7(8)3-6/h6-8H,1-5H2,(H,14,15,16)/p-1. The Kier molecular flexibility index (Phi) is 3.35. The van der Waals surface area contributed by atoms with Gasteiger partial charge >= 0.3 is 11.2 Å². The molecule has 0 spiro atoms. The Labute approximate surface area is 103 Å². The van der Waals surface area contributed by atoms with Crippen molar-refractivity contribution in [2.75, 3.05) is 0 Å². The number of ether oxygens (including phenoxy) is 1. The van der Waals surface area contributed by atoms with Crippen LogP contribution in [0, 0.1) is 11.8 Å². The van der Waals surface area contributed by atoms with Crippen molar-refractivity contribution in [1.82, 2.24) is 0 Å². The molecule has 2 bridgehead atoms. The number of esters is 1. The number of carbonyl (C=O) groups is 1. The summed E-state index contributed by atoms with van der Waals surface area (Å²) in [5.41, 5.74) is 0. The van der Waals surface area contributed by atoms with Gasteiger partial charge in [0, 0.05) is 0 Å². The van der Waals surface area contributed by atoms with Crippen LogP contribution in [0.2, 0.25) is 0 Å². The summed E-state index contributed by atoms with van der Waals surface area (Å²) in [6, 6.07) is 0. The number of fused-ring (bicyclic) bond motifs is 2. The van der Waals surface area contributed by atoms with Gasteiger partial charge in [-0.3, -0.25) is 4.79 Å². The third kappa shape index (κ3) is 2.64. The van der Waals surface area contributed by atoms with E-state index >= 15 is 0 Å². The Morgan fingerprint density at radius 3 is 2.44 bits per heavy atom. The van der Waals surface area contributed by atoms with E-state index in [1.807, 2.05) is 0 Å². The smallest absolute Gasteiger partial charge is 0.344 e. The second kappa shape index (κ2) is 4.41. The number of hydrogen-bond acceptors (Lipinski definition) is 5. The average molecular weight is 283 g/mol. The summed E-state index contributed by atoms with van der Waals surface area (Å²) in [7, 11) is -5.83. The number of alkyl halides is 2. The monoisotopic (exact) mass is 283 g/mol. The molecule has 2 fully saturated rings. The van der Waals surface area contributed by atoms with Gasteiger partial charge in [-0.15, -0.1) is 0 Å². The Morgan fingerprint density at radius 2 is 2.00 bits per heavy atom.